The summed E-state index contributed by atoms with van der Waals surface area (Å²) in [6.45, 7) is 12.1. The van der Waals surface area contributed by atoms with Gasteiger partial charge in [0, 0.05) is 32.3 Å². The van der Waals surface area contributed by atoms with Crippen LogP contribution in [-0.2, 0) is 33.3 Å². The van der Waals surface area contributed by atoms with Gasteiger partial charge in [0.2, 0.25) is 0 Å². The molecule has 4 aliphatic heterocycles. The van der Waals surface area contributed by atoms with E-state index in [9.17, 15) is 9.59 Å². The second-order valence-electron chi connectivity index (χ2n) is 13.2. The van der Waals surface area contributed by atoms with E-state index < -0.39 is 12.2 Å². The molecule has 0 spiro atoms. The van der Waals surface area contributed by atoms with E-state index in [-0.39, 0.29) is 59.7 Å². The van der Waals surface area contributed by atoms with Crippen molar-refractivity contribution in [3.05, 3.63) is 59.4 Å². The number of hydrogen-bond donors (Lipinski definition) is 0. The molecular weight excluding hydrogens is 562 g/mol. The minimum absolute atomic E-state index is 0.0294. The van der Waals surface area contributed by atoms with Crippen LogP contribution in [-0.4, -0.2) is 66.3 Å². The van der Waals surface area contributed by atoms with Crippen molar-refractivity contribution >= 4 is 18.0 Å². The summed E-state index contributed by atoms with van der Waals surface area (Å²) in [4.78, 5) is 30.0. The molecule has 2 bridgehead atoms. The van der Waals surface area contributed by atoms with Crippen LogP contribution in [0.15, 0.2) is 52.2 Å². The van der Waals surface area contributed by atoms with Gasteiger partial charge < -0.3 is 28.1 Å². The van der Waals surface area contributed by atoms with Crippen LogP contribution in [0.4, 0.5) is 0 Å². The van der Waals surface area contributed by atoms with Crippen molar-refractivity contribution in [1.29, 1.82) is 0 Å². The summed E-state index contributed by atoms with van der Waals surface area (Å²) >= 11 is 0. The summed E-state index contributed by atoms with van der Waals surface area (Å²) in [5.41, 5.74) is 2.49. The monoisotopic (exact) mass is 609 g/mol. The molecule has 0 saturated carbocycles. The van der Waals surface area contributed by atoms with Crippen molar-refractivity contribution in [3.8, 4) is 0 Å². The normalized spacial score (nSPS) is 36.2. The van der Waals surface area contributed by atoms with E-state index in [0.29, 0.717) is 25.2 Å². The zero-order chi connectivity index (χ0) is 31.6. The number of rotatable bonds is 7. The molecule has 9 heteroatoms. The first-order valence-corrected chi connectivity index (χ1v) is 15.9. The number of oxazole rings is 1. The van der Waals surface area contributed by atoms with Gasteiger partial charge in [-0.05, 0) is 69.6 Å². The fourth-order valence-electron chi connectivity index (χ4n) is 6.63. The molecule has 9 nitrogen and oxygen atoms in total. The summed E-state index contributed by atoms with van der Waals surface area (Å²) in [6.07, 6.45) is 15.2. The molecule has 10 atom stereocenters. The van der Waals surface area contributed by atoms with Gasteiger partial charge in [0.1, 0.15) is 30.3 Å². The highest BCUT2D eigenvalue weighted by Crippen LogP contribution is 2.44. The lowest BCUT2D eigenvalue weighted by Gasteiger charge is -2.32. The Kier molecular flexibility index (Phi) is 9.97. The highest BCUT2D eigenvalue weighted by atomic mass is 16.6. The number of hydrogen-bond acceptors (Lipinski definition) is 9. The van der Waals surface area contributed by atoms with Crippen LogP contribution >= 0.6 is 0 Å². The maximum absolute atomic E-state index is 13.3. The van der Waals surface area contributed by atoms with E-state index in [2.05, 4.69) is 37.9 Å². The Morgan fingerprint density at radius 2 is 1.93 bits per heavy atom. The number of carbonyl (C=O) groups excluding carboxylic acids is 2. The van der Waals surface area contributed by atoms with E-state index in [0.717, 1.165) is 29.7 Å². The molecule has 3 fully saturated rings. The first-order chi connectivity index (χ1) is 21.0. The average Bonchev–Trinajstić information content (AvgIpc) is 3.83. The molecule has 0 N–H and O–H groups in total. The number of methoxy groups -OCH3 is 1. The second kappa shape index (κ2) is 13.5. The van der Waals surface area contributed by atoms with Crippen LogP contribution in [0.1, 0.15) is 78.3 Å². The Hall–Kier alpha value is -3.01. The summed E-state index contributed by atoms with van der Waals surface area (Å²) in [5.74, 6) is 0.169. The van der Waals surface area contributed by atoms with Gasteiger partial charge >= 0.3 is 11.9 Å². The quantitative estimate of drug-likeness (QED) is 0.157. The van der Waals surface area contributed by atoms with Crippen molar-refractivity contribution in [3.63, 3.8) is 0 Å². The molecule has 240 valence electrons. The zero-order valence-electron chi connectivity index (χ0n) is 27.0. The standard InChI is InChI=1S/C35H47NO8/c1-20(15-26-19-40-24(5)36-26)9-8-10-22(3)32(39-7)23(4)27-13-14-35(6)30(44-35)12-11-21(2)28-16-25(18-31(37)41-28)17-29-33(42-29)34(38)43-27/h8-12,15,19,21,23,25,27-30,32-33H,13-14,16-18H2,1-7H3/t21-,23+,25+,27+,28-,29-,30-,32+,33-,35+/m1/s1. The number of carbonyl (C=O) groups is 2. The maximum atomic E-state index is 13.3. The number of nitrogens with zero attached hydrogens (tertiary/aromatic N) is 1. The fraction of sp³-hybridized carbons (Fsp3) is 0.629. The van der Waals surface area contributed by atoms with Crippen LogP contribution in [0.3, 0.4) is 0 Å². The number of aryl methyl sites for hydroxylation is 1. The first-order valence-electron chi connectivity index (χ1n) is 15.9. The third-order valence-electron chi connectivity index (χ3n) is 9.49. The van der Waals surface area contributed by atoms with Crippen LogP contribution in [0.2, 0.25) is 0 Å². The predicted molar refractivity (Wildman–Crippen MR) is 164 cm³/mol. The van der Waals surface area contributed by atoms with E-state index in [1.54, 1.807) is 13.4 Å². The SMILES string of the molecule is CO[C@@H](C(C)=CC=CC(C)=Cc1coc(C)n1)[C@@H](C)[C@@H]1CC[C@]2(C)O[C@@H]2C=C[C@@H](C)[C@H]2C[C@H](CC(=O)O2)C[C@H]2O[C@H]2C(=O)O1. The van der Waals surface area contributed by atoms with Gasteiger partial charge in [-0.1, -0.05) is 44.2 Å². The Bertz CT molecular complexity index is 1330. The summed E-state index contributed by atoms with van der Waals surface area (Å²) in [6, 6.07) is 0. The molecule has 44 heavy (non-hydrogen) atoms. The topological polar surface area (TPSA) is 113 Å². The number of allylic oxidation sites excluding steroid dienone is 4. The van der Waals surface area contributed by atoms with Crippen LogP contribution in [0, 0.1) is 24.7 Å². The molecule has 0 radical (unpaired) electrons. The summed E-state index contributed by atoms with van der Waals surface area (Å²) in [5, 5.41) is 0. The van der Waals surface area contributed by atoms with Gasteiger partial charge in [-0.3, -0.25) is 4.79 Å². The zero-order valence-corrected chi connectivity index (χ0v) is 27.0. The Balaban J connectivity index is 1.30. The van der Waals surface area contributed by atoms with Crippen molar-refractivity contribution in [1.82, 2.24) is 4.98 Å². The minimum Gasteiger partial charge on any atom is -0.462 e. The fourth-order valence-corrected chi connectivity index (χ4v) is 6.63. The lowest BCUT2D eigenvalue weighted by molar-refractivity contribution is -0.159. The molecule has 3 saturated heterocycles. The molecule has 4 aliphatic rings. The first kappa shape index (κ1) is 32.4. The predicted octanol–water partition coefficient (Wildman–Crippen LogP) is 6.07. The molecular formula is C35H47NO8. The molecule has 5 rings (SSSR count). The second-order valence-corrected chi connectivity index (χ2v) is 13.2. The Morgan fingerprint density at radius 3 is 2.66 bits per heavy atom. The number of ether oxygens (including phenoxy) is 5. The third-order valence-corrected chi connectivity index (χ3v) is 9.49. The van der Waals surface area contributed by atoms with Gasteiger partial charge in [-0.2, -0.15) is 0 Å². The minimum atomic E-state index is -0.601. The highest BCUT2D eigenvalue weighted by molar-refractivity contribution is 5.78. The molecule has 0 amide bonds. The molecule has 0 aromatic carbocycles. The highest BCUT2D eigenvalue weighted by Gasteiger charge is 2.52. The molecule has 1 aromatic heterocycles. The number of cyclic esters (lactones) is 1. The number of fused-ring (bicyclic) bond motifs is 4. The van der Waals surface area contributed by atoms with Gasteiger partial charge in [-0.25, -0.2) is 9.78 Å². The van der Waals surface area contributed by atoms with E-state index in [1.807, 2.05) is 45.1 Å². The Morgan fingerprint density at radius 1 is 1.16 bits per heavy atom. The van der Waals surface area contributed by atoms with E-state index in [4.69, 9.17) is 28.1 Å². The van der Waals surface area contributed by atoms with E-state index in [1.165, 1.54) is 0 Å². The average molecular weight is 610 g/mol. The van der Waals surface area contributed by atoms with Gasteiger partial charge in [0.25, 0.3) is 0 Å². The Labute approximate surface area is 260 Å². The van der Waals surface area contributed by atoms with Crippen molar-refractivity contribution in [2.24, 2.45) is 17.8 Å². The van der Waals surface area contributed by atoms with Gasteiger partial charge in [0.15, 0.2) is 12.0 Å². The summed E-state index contributed by atoms with van der Waals surface area (Å²) < 4.78 is 35.0. The van der Waals surface area contributed by atoms with E-state index >= 15 is 0 Å². The third kappa shape index (κ3) is 7.98. The lowest BCUT2D eigenvalue weighted by atomic mass is 9.85. The summed E-state index contributed by atoms with van der Waals surface area (Å²) in [7, 11) is 1.69. The van der Waals surface area contributed by atoms with Gasteiger partial charge in [0.05, 0.1) is 17.8 Å². The number of esters is 2. The number of aromatic nitrogens is 1. The van der Waals surface area contributed by atoms with Crippen molar-refractivity contribution < 1.29 is 37.7 Å². The maximum Gasteiger partial charge on any atom is 0.338 e. The van der Waals surface area contributed by atoms with Gasteiger partial charge in [-0.15, -0.1) is 0 Å². The smallest absolute Gasteiger partial charge is 0.338 e. The molecule has 5 heterocycles. The van der Waals surface area contributed by atoms with Crippen LogP contribution in [0.25, 0.3) is 6.08 Å². The lowest BCUT2D eigenvalue weighted by Crippen LogP contribution is -2.37. The van der Waals surface area contributed by atoms with Crippen LogP contribution < -0.4 is 0 Å². The van der Waals surface area contributed by atoms with Crippen molar-refractivity contribution in [2.45, 2.75) is 116 Å². The number of epoxide rings is 2. The largest absolute Gasteiger partial charge is 0.462 e. The molecule has 0 aliphatic carbocycles. The molecule has 1 aromatic rings. The van der Waals surface area contributed by atoms with Crippen LogP contribution in [0.5, 0.6) is 0 Å². The molecule has 0 unspecified atom stereocenters. The van der Waals surface area contributed by atoms with Crippen molar-refractivity contribution in [2.75, 3.05) is 7.11 Å².